The third kappa shape index (κ3) is 4.79. The first-order chi connectivity index (χ1) is 16.3. The highest BCUT2D eigenvalue weighted by molar-refractivity contribution is 5.86. The van der Waals surface area contributed by atoms with E-state index in [1.165, 1.54) is 18.1 Å². The lowest BCUT2D eigenvalue weighted by Crippen LogP contribution is -2.52. The second-order valence-corrected chi connectivity index (χ2v) is 9.51. The minimum Gasteiger partial charge on any atom is -0.480 e. The lowest BCUT2D eigenvalue weighted by Gasteiger charge is -2.26. The molecule has 7 nitrogen and oxygen atoms in total. The third-order valence-corrected chi connectivity index (χ3v) is 7.35. The summed E-state index contributed by atoms with van der Waals surface area (Å²) in [5, 5.41) is 15.0. The second-order valence-electron chi connectivity index (χ2n) is 9.51. The van der Waals surface area contributed by atoms with Gasteiger partial charge >= 0.3 is 12.1 Å². The molecule has 180 valence electrons. The molecule has 0 radical (unpaired) electrons. The molecule has 1 saturated carbocycles. The summed E-state index contributed by atoms with van der Waals surface area (Å²) < 4.78 is 5.66. The zero-order chi connectivity index (χ0) is 24.3. The van der Waals surface area contributed by atoms with Crippen LogP contribution in [-0.2, 0) is 14.3 Å². The van der Waals surface area contributed by atoms with Gasteiger partial charge in [0.05, 0.1) is 0 Å². The van der Waals surface area contributed by atoms with Crippen LogP contribution in [0.3, 0.4) is 0 Å². The molecule has 0 saturated heterocycles. The van der Waals surface area contributed by atoms with Crippen molar-refractivity contribution < 1.29 is 24.2 Å². The molecule has 0 bridgehead atoms. The van der Waals surface area contributed by atoms with Gasteiger partial charge in [-0.25, -0.2) is 9.59 Å². The van der Waals surface area contributed by atoms with Gasteiger partial charge in [0.2, 0.25) is 5.91 Å². The number of hydrogen-bond acceptors (Lipinski definition) is 4. The molecule has 1 fully saturated rings. The van der Waals surface area contributed by atoms with Gasteiger partial charge in [0.15, 0.2) is 0 Å². The van der Waals surface area contributed by atoms with Gasteiger partial charge in [-0.3, -0.25) is 4.79 Å². The minimum atomic E-state index is -1.29. The SMILES string of the molecule is CCC(C)(NC(=O)CC1CCCC1NC(=O)OCC1c2ccccc2-c2ccccc21)C(=O)O. The summed E-state index contributed by atoms with van der Waals surface area (Å²) in [5.41, 5.74) is 3.38. The van der Waals surface area contributed by atoms with Crippen LogP contribution in [0.5, 0.6) is 0 Å². The summed E-state index contributed by atoms with van der Waals surface area (Å²) in [6.45, 7) is 3.48. The van der Waals surface area contributed by atoms with Gasteiger partial charge in [-0.1, -0.05) is 61.9 Å². The summed E-state index contributed by atoms with van der Waals surface area (Å²) in [6.07, 6.45) is 2.46. The first-order valence-electron chi connectivity index (χ1n) is 12.0. The van der Waals surface area contributed by atoms with Gasteiger partial charge in [0.25, 0.3) is 0 Å². The number of hydrogen-bond donors (Lipinski definition) is 3. The number of fused-ring (bicyclic) bond motifs is 3. The van der Waals surface area contributed by atoms with Crippen LogP contribution in [0.1, 0.15) is 63.0 Å². The number of rotatable bonds is 8. The van der Waals surface area contributed by atoms with E-state index in [1.807, 2.05) is 24.3 Å². The number of carboxylic acids is 1. The van der Waals surface area contributed by atoms with Crippen molar-refractivity contribution in [3.63, 3.8) is 0 Å². The Kier molecular flexibility index (Phi) is 6.91. The highest BCUT2D eigenvalue weighted by atomic mass is 16.5. The zero-order valence-electron chi connectivity index (χ0n) is 19.7. The average Bonchev–Trinajstić information content (AvgIpc) is 3.39. The number of alkyl carbamates (subject to hydrolysis) is 1. The molecule has 0 aliphatic heterocycles. The van der Waals surface area contributed by atoms with Gasteiger partial charge < -0.3 is 20.5 Å². The van der Waals surface area contributed by atoms with E-state index >= 15 is 0 Å². The minimum absolute atomic E-state index is 0.00829. The maximum Gasteiger partial charge on any atom is 0.407 e. The van der Waals surface area contributed by atoms with Gasteiger partial charge in [0.1, 0.15) is 12.1 Å². The Morgan fingerprint density at radius 1 is 1.03 bits per heavy atom. The van der Waals surface area contributed by atoms with E-state index in [4.69, 9.17) is 4.74 Å². The molecule has 3 atom stereocenters. The Balaban J connectivity index is 1.33. The summed E-state index contributed by atoms with van der Waals surface area (Å²) in [7, 11) is 0. The van der Waals surface area contributed by atoms with Crippen molar-refractivity contribution in [3.8, 4) is 11.1 Å². The summed E-state index contributed by atoms with van der Waals surface area (Å²) in [6, 6.07) is 16.2. The molecule has 2 aromatic carbocycles. The molecule has 7 heteroatoms. The van der Waals surface area contributed by atoms with E-state index in [0.29, 0.717) is 6.42 Å². The maximum absolute atomic E-state index is 12.7. The van der Waals surface area contributed by atoms with Gasteiger partial charge in [-0.15, -0.1) is 0 Å². The Hall–Kier alpha value is -3.35. The Morgan fingerprint density at radius 2 is 1.65 bits per heavy atom. The number of nitrogens with one attached hydrogen (secondary N) is 2. The number of carbonyl (C=O) groups is 3. The van der Waals surface area contributed by atoms with E-state index in [0.717, 1.165) is 30.4 Å². The van der Waals surface area contributed by atoms with Crippen molar-refractivity contribution in [2.45, 2.75) is 63.5 Å². The van der Waals surface area contributed by atoms with Gasteiger partial charge in [-0.05, 0) is 54.4 Å². The Morgan fingerprint density at radius 3 is 2.24 bits per heavy atom. The molecule has 4 rings (SSSR count). The van der Waals surface area contributed by atoms with E-state index in [-0.39, 0.29) is 36.8 Å². The van der Waals surface area contributed by atoms with Gasteiger partial charge in [0, 0.05) is 18.4 Å². The van der Waals surface area contributed by atoms with E-state index in [9.17, 15) is 19.5 Å². The topological polar surface area (TPSA) is 105 Å². The molecule has 3 unspecified atom stereocenters. The molecule has 2 aromatic rings. The van der Waals surface area contributed by atoms with E-state index in [1.54, 1.807) is 6.92 Å². The van der Waals surface area contributed by atoms with Crippen LogP contribution < -0.4 is 10.6 Å². The number of carboxylic acid groups (broad SMARTS) is 1. The third-order valence-electron chi connectivity index (χ3n) is 7.35. The largest absolute Gasteiger partial charge is 0.480 e. The molecular weight excluding hydrogens is 432 g/mol. The first-order valence-corrected chi connectivity index (χ1v) is 12.0. The standard InChI is InChI=1S/C27H32N2O5/c1-3-27(2,25(31)32)29-24(30)15-17-9-8-14-23(17)28-26(33)34-16-22-20-12-6-4-10-18(20)19-11-5-7-13-21(19)22/h4-7,10-13,17,22-23H,3,8-9,14-16H2,1-2H3,(H,28,33)(H,29,30)(H,31,32). The highest BCUT2D eigenvalue weighted by Gasteiger charge is 2.36. The number of carbonyl (C=O) groups excluding carboxylic acids is 2. The fraction of sp³-hybridized carbons (Fsp3) is 0.444. The van der Waals surface area contributed by atoms with E-state index in [2.05, 4.69) is 34.9 Å². The van der Waals surface area contributed by atoms with Crippen molar-refractivity contribution in [1.29, 1.82) is 0 Å². The van der Waals surface area contributed by atoms with E-state index < -0.39 is 17.6 Å². The molecule has 2 aliphatic carbocycles. The van der Waals surface area contributed by atoms with Crippen molar-refractivity contribution >= 4 is 18.0 Å². The number of ether oxygens (including phenoxy) is 1. The molecule has 0 aromatic heterocycles. The molecule has 3 N–H and O–H groups in total. The molecular formula is C27H32N2O5. The van der Waals surface area contributed by atoms with Crippen molar-refractivity contribution in [2.75, 3.05) is 6.61 Å². The van der Waals surface area contributed by atoms with Crippen molar-refractivity contribution in [2.24, 2.45) is 5.92 Å². The Labute approximate surface area is 199 Å². The lowest BCUT2D eigenvalue weighted by atomic mass is 9.95. The Bertz CT molecular complexity index is 1040. The number of benzene rings is 2. The van der Waals surface area contributed by atoms with Crippen molar-refractivity contribution in [1.82, 2.24) is 10.6 Å². The molecule has 0 spiro atoms. The average molecular weight is 465 g/mol. The smallest absolute Gasteiger partial charge is 0.407 e. The monoisotopic (exact) mass is 464 g/mol. The summed E-state index contributed by atoms with van der Waals surface area (Å²) >= 11 is 0. The zero-order valence-corrected chi connectivity index (χ0v) is 19.7. The summed E-state index contributed by atoms with van der Waals surface area (Å²) in [4.78, 5) is 36.7. The van der Waals surface area contributed by atoms with Crippen LogP contribution >= 0.6 is 0 Å². The summed E-state index contributed by atoms with van der Waals surface area (Å²) in [5.74, 6) is -1.41. The van der Waals surface area contributed by atoms with Crippen LogP contribution in [0.2, 0.25) is 0 Å². The first kappa shape index (κ1) is 23.8. The quantitative estimate of drug-likeness (QED) is 0.535. The van der Waals surface area contributed by atoms with Crippen LogP contribution in [0.4, 0.5) is 4.79 Å². The fourth-order valence-electron chi connectivity index (χ4n) is 5.15. The molecule has 2 amide bonds. The fourth-order valence-corrected chi connectivity index (χ4v) is 5.15. The highest BCUT2D eigenvalue weighted by Crippen LogP contribution is 2.44. The van der Waals surface area contributed by atoms with Crippen LogP contribution in [-0.4, -0.2) is 41.3 Å². The predicted molar refractivity (Wildman–Crippen MR) is 128 cm³/mol. The molecule has 0 heterocycles. The normalized spacial score (nSPS) is 20.6. The van der Waals surface area contributed by atoms with Crippen molar-refractivity contribution in [3.05, 3.63) is 59.7 Å². The number of amides is 2. The van der Waals surface area contributed by atoms with Crippen LogP contribution in [0, 0.1) is 5.92 Å². The predicted octanol–water partition coefficient (Wildman–Crippen LogP) is 4.45. The maximum atomic E-state index is 12.7. The number of aliphatic carboxylic acids is 1. The lowest BCUT2D eigenvalue weighted by molar-refractivity contribution is -0.147. The van der Waals surface area contributed by atoms with Crippen LogP contribution in [0.15, 0.2) is 48.5 Å². The molecule has 34 heavy (non-hydrogen) atoms. The second kappa shape index (κ2) is 9.87. The van der Waals surface area contributed by atoms with Crippen LogP contribution in [0.25, 0.3) is 11.1 Å². The molecule has 2 aliphatic rings. The van der Waals surface area contributed by atoms with Gasteiger partial charge in [-0.2, -0.15) is 0 Å².